The molecule has 0 aromatic carbocycles. The van der Waals surface area contributed by atoms with Crippen LogP contribution in [-0.2, 0) is 9.53 Å². The monoisotopic (exact) mass is 254 g/mol. The van der Waals surface area contributed by atoms with Crippen molar-refractivity contribution in [3.8, 4) is 0 Å². The number of piperidine rings is 1. The lowest BCUT2D eigenvalue weighted by Gasteiger charge is -2.26. The molecule has 2 heterocycles. The molecule has 4 nitrogen and oxygen atoms in total. The fourth-order valence-corrected chi connectivity index (χ4v) is 2.71. The summed E-state index contributed by atoms with van der Waals surface area (Å²) < 4.78 is 5.82. The number of nitrogens with zero attached hydrogens (tertiary/aromatic N) is 1. The van der Waals surface area contributed by atoms with Gasteiger partial charge in [-0.05, 0) is 31.7 Å². The minimum atomic E-state index is 0.197. The van der Waals surface area contributed by atoms with Crippen molar-refractivity contribution < 1.29 is 9.53 Å². The summed E-state index contributed by atoms with van der Waals surface area (Å²) in [6.07, 6.45) is 3.42. The number of ether oxygens (including phenoxy) is 1. The molecule has 0 spiro atoms. The summed E-state index contributed by atoms with van der Waals surface area (Å²) >= 11 is 0. The third-order valence-corrected chi connectivity index (χ3v) is 3.77. The fraction of sp³-hybridized carbons (Fsp3) is 0.929. The first-order valence-electron chi connectivity index (χ1n) is 7.28. The summed E-state index contributed by atoms with van der Waals surface area (Å²) in [5.74, 6) is 1.10. The molecule has 18 heavy (non-hydrogen) atoms. The highest BCUT2D eigenvalue weighted by molar-refractivity contribution is 5.79. The molecule has 1 N–H and O–H groups in total. The third-order valence-electron chi connectivity index (χ3n) is 3.77. The maximum Gasteiger partial charge on any atom is 0.227 e. The highest BCUT2D eigenvalue weighted by Crippen LogP contribution is 2.19. The van der Waals surface area contributed by atoms with Gasteiger partial charge in [0, 0.05) is 26.2 Å². The maximum absolute atomic E-state index is 12.3. The third kappa shape index (κ3) is 3.69. The molecule has 0 bridgehead atoms. The Kier molecular flexibility index (Phi) is 5.01. The number of amides is 1. The van der Waals surface area contributed by atoms with Crippen LogP contribution in [0.4, 0.5) is 0 Å². The number of carbonyl (C=O) groups is 1. The van der Waals surface area contributed by atoms with Gasteiger partial charge in [-0.2, -0.15) is 0 Å². The molecule has 1 amide bonds. The molecule has 104 valence electrons. The van der Waals surface area contributed by atoms with Gasteiger partial charge in [0.25, 0.3) is 0 Å². The lowest BCUT2D eigenvalue weighted by atomic mass is 9.98. The molecule has 2 aliphatic rings. The zero-order valence-corrected chi connectivity index (χ0v) is 11.7. The Hall–Kier alpha value is -0.610. The molecule has 4 heteroatoms. The van der Waals surface area contributed by atoms with Crippen LogP contribution in [0.1, 0.15) is 33.1 Å². The van der Waals surface area contributed by atoms with E-state index in [1.54, 1.807) is 0 Å². The van der Waals surface area contributed by atoms with Crippen LogP contribution in [0.25, 0.3) is 0 Å². The molecule has 2 saturated heterocycles. The van der Waals surface area contributed by atoms with E-state index in [0.29, 0.717) is 11.8 Å². The number of likely N-dealkylation sites (tertiary alicyclic amines) is 1. The maximum atomic E-state index is 12.3. The van der Waals surface area contributed by atoms with E-state index in [0.717, 1.165) is 52.0 Å². The molecule has 0 saturated carbocycles. The predicted molar refractivity (Wildman–Crippen MR) is 71.4 cm³/mol. The molecule has 2 fully saturated rings. The molecular weight excluding hydrogens is 228 g/mol. The molecule has 0 aromatic heterocycles. The van der Waals surface area contributed by atoms with E-state index in [9.17, 15) is 4.79 Å². The normalized spacial score (nSPS) is 28.9. The lowest BCUT2D eigenvalue weighted by Crippen LogP contribution is -2.42. The summed E-state index contributed by atoms with van der Waals surface area (Å²) in [6.45, 7) is 8.70. The summed E-state index contributed by atoms with van der Waals surface area (Å²) in [6, 6.07) is 0. The van der Waals surface area contributed by atoms with Crippen LogP contribution in [0.5, 0.6) is 0 Å². The van der Waals surface area contributed by atoms with E-state index in [1.807, 2.05) is 4.90 Å². The van der Waals surface area contributed by atoms with Crippen LogP contribution in [0, 0.1) is 11.8 Å². The van der Waals surface area contributed by atoms with E-state index in [-0.39, 0.29) is 12.0 Å². The van der Waals surface area contributed by atoms with Crippen LogP contribution in [0.3, 0.4) is 0 Å². The number of rotatable bonds is 4. The predicted octanol–water partition coefficient (Wildman–Crippen LogP) is 1.26. The van der Waals surface area contributed by atoms with Crippen LogP contribution >= 0.6 is 0 Å². The van der Waals surface area contributed by atoms with Gasteiger partial charge in [-0.25, -0.2) is 0 Å². The first kappa shape index (κ1) is 13.8. The van der Waals surface area contributed by atoms with Gasteiger partial charge in [0.2, 0.25) is 5.91 Å². The first-order chi connectivity index (χ1) is 8.66. The van der Waals surface area contributed by atoms with E-state index in [2.05, 4.69) is 19.2 Å². The Morgan fingerprint density at radius 2 is 2.28 bits per heavy atom. The SMILES string of the molecule is CC(C)COC1CCN(C(=O)C2CCCNC2)C1. The average Bonchev–Trinajstić information content (AvgIpc) is 2.85. The van der Waals surface area contributed by atoms with Gasteiger partial charge in [0.1, 0.15) is 0 Å². The highest BCUT2D eigenvalue weighted by atomic mass is 16.5. The van der Waals surface area contributed by atoms with Crippen molar-refractivity contribution in [2.75, 3.05) is 32.8 Å². The molecule has 0 radical (unpaired) electrons. The molecular formula is C14H26N2O2. The van der Waals surface area contributed by atoms with Gasteiger partial charge in [-0.1, -0.05) is 13.8 Å². The van der Waals surface area contributed by atoms with Gasteiger partial charge in [0.05, 0.1) is 12.0 Å². The topological polar surface area (TPSA) is 41.6 Å². The van der Waals surface area contributed by atoms with Crippen molar-refractivity contribution >= 4 is 5.91 Å². The van der Waals surface area contributed by atoms with Crippen LogP contribution in [0.2, 0.25) is 0 Å². The van der Waals surface area contributed by atoms with Crippen molar-refractivity contribution in [1.29, 1.82) is 0 Å². The Bertz CT molecular complexity index is 275. The minimum Gasteiger partial charge on any atom is -0.376 e. The second-order valence-corrected chi connectivity index (χ2v) is 5.97. The van der Waals surface area contributed by atoms with Crippen molar-refractivity contribution in [3.05, 3.63) is 0 Å². The standard InChI is InChI=1S/C14H26N2O2/c1-11(2)10-18-13-5-7-16(9-13)14(17)12-4-3-6-15-8-12/h11-13,15H,3-10H2,1-2H3. The van der Waals surface area contributed by atoms with Gasteiger partial charge in [0.15, 0.2) is 0 Å². The summed E-state index contributed by atoms with van der Waals surface area (Å²) in [5.41, 5.74) is 0. The molecule has 0 aliphatic carbocycles. The molecule has 0 aromatic rings. The second-order valence-electron chi connectivity index (χ2n) is 5.97. The summed E-state index contributed by atoms with van der Waals surface area (Å²) in [4.78, 5) is 14.3. The van der Waals surface area contributed by atoms with Gasteiger partial charge < -0.3 is 15.0 Å². The van der Waals surface area contributed by atoms with Crippen molar-refractivity contribution in [3.63, 3.8) is 0 Å². The second kappa shape index (κ2) is 6.53. The number of carbonyl (C=O) groups excluding carboxylic acids is 1. The van der Waals surface area contributed by atoms with E-state index in [4.69, 9.17) is 4.74 Å². The van der Waals surface area contributed by atoms with E-state index >= 15 is 0 Å². The Labute approximate surface area is 110 Å². The summed E-state index contributed by atoms with van der Waals surface area (Å²) in [5, 5.41) is 3.31. The van der Waals surface area contributed by atoms with Gasteiger partial charge in [-0.3, -0.25) is 4.79 Å². The van der Waals surface area contributed by atoms with Crippen LogP contribution in [0.15, 0.2) is 0 Å². The molecule has 2 aliphatic heterocycles. The zero-order chi connectivity index (χ0) is 13.0. The Balaban J connectivity index is 1.75. The first-order valence-corrected chi connectivity index (χ1v) is 7.28. The quantitative estimate of drug-likeness (QED) is 0.821. The lowest BCUT2D eigenvalue weighted by molar-refractivity contribution is -0.135. The van der Waals surface area contributed by atoms with Crippen LogP contribution in [-0.4, -0.2) is 49.7 Å². The van der Waals surface area contributed by atoms with Crippen molar-refractivity contribution in [1.82, 2.24) is 10.2 Å². The number of hydrogen-bond donors (Lipinski definition) is 1. The highest BCUT2D eigenvalue weighted by Gasteiger charge is 2.31. The number of hydrogen-bond acceptors (Lipinski definition) is 3. The van der Waals surface area contributed by atoms with Crippen molar-refractivity contribution in [2.24, 2.45) is 11.8 Å². The Morgan fingerprint density at radius 1 is 1.44 bits per heavy atom. The average molecular weight is 254 g/mol. The van der Waals surface area contributed by atoms with Gasteiger partial charge >= 0.3 is 0 Å². The smallest absolute Gasteiger partial charge is 0.227 e. The summed E-state index contributed by atoms with van der Waals surface area (Å²) in [7, 11) is 0. The van der Waals surface area contributed by atoms with Crippen LogP contribution < -0.4 is 5.32 Å². The molecule has 2 unspecified atom stereocenters. The van der Waals surface area contributed by atoms with E-state index in [1.165, 1.54) is 0 Å². The van der Waals surface area contributed by atoms with Gasteiger partial charge in [-0.15, -0.1) is 0 Å². The molecule has 2 atom stereocenters. The molecule has 2 rings (SSSR count). The van der Waals surface area contributed by atoms with E-state index < -0.39 is 0 Å². The Morgan fingerprint density at radius 3 is 2.94 bits per heavy atom. The largest absolute Gasteiger partial charge is 0.376 e. The van der Waals surface area contributed by atoms with Crippen molar-refractivity contribution in [2.45, 2.75) is 39.2 Å². The number of nitrogens with one attached hydrogen (secondary N) is 1. The zero-order valence-electron chi connectivity index (χ0n) is 11.7. The fourth-order valence-electron chi connectivity index (χ4n) is 2.71. The minimum absolute atomic E-state index is 0.197.